The highest BCUT2D eigenvalue weighted by atomic mass is 35.5. The molecule has 1 saturated heterocycles. The van der Waals surface area contributed by atoms with Gasteiger partial charge in [0.05, 0.1) is 23.4 Å². The van der Waals surface area contributed by atoms with E-state index in [0.29, 0.717) is 54.4 Å². The van der Waals surface area contributed by atoms with Crippen LogP contribution in [0.4, 0.5) is 14.5 Å². The molecule has 2 aliphatic rings. The Morgan fingerprint density at radius 2 is 1.59 bits per heavy atom. The maximum absolute atomic E-state index is 14.0. The van der Waals surface area contributed by atoms with Gasteiger partial charge in [-0.15, -0.1) is 0 Å². The van der Waals surface area contributed by atoms with Crippen molar-refractivity contribution < 1.29 is 18.4 Å². The number of anilines is 1. The van der Waals surface area contributed by atoms with Crippen LogP contribution >= 0.6 is 11.6 Å². The lowest BCUT2D eigenvalue weighted by molar-refractivity contribution is 0.0642. The molecule has 3 aromatic rings. The summed E-state index contributed by atoms with van der Waals surface area (Å²) in [6.07, 6.45) is 0. The third kappa shape index (κ3) is 4.29. The van der Waals surface area contributed by atoms with E-state index in [2.05, 4.69) is 9.80 Å². The zero-order valence-electron chi connectivity index (χ0n) is 18.3. The van der Waals surface area contributed by atoms with Crippen molar-refractivity contribution in [2.75, 3.05) is 31.1 Å². The van der Waals surface area contributed by atoms with Crippen molar-refractivity contribution in [1.29, 1.82) is 0 Å². The van der Waals surface area contributed by atoms with Gasteiger partial charge in [0.2, 0.25) is 0 Å². The number of hydrogen-bond donors (Lipinski definition) is 0. The lowest BCUT2D eigenvalue weighted by Gasteiger charge is -2.36. The molecule has 2 heterocycles. The van der Waals surface area contributed by atoms with Crippen molar-refractivity contribution in [3.63, 3.8) is 0 Å². The predicted octanol–water partition coefficient (Wildman–Crippen LogP) is 4.74. The molecule has 0 bridgehead atoms. The van der Waals surface area contributed by atoms with Gasteiger partial charge in [-0.3, -0.25) is 19.4 Å². The Bertz CT molecular complexity index is 1270. The van der Waals surface area contributed by atoms with E-state index in [1.807, 2.05) is 12.1 Å². The fourth-order valence-electron chi connectivity index (χ4n) is 4.58. The summed E-state index contributed by atoms with van der Waals surface area (Å²) >= 11 is 6.06. The first-order valence-electron chi connectivity index (χ1n) is 11.1. The highest BCUT2D eigenvalue weighted by Gasteiger charge is 2.38. The molecule has 0 atom stereocenters. The second kappa shape index (κ2) is 9.16. The third-order valence-corrected chi connectivity index (χ3v) is 6.56. The molecule has 8 heteroatoms. The Labute approximate surface area is 201 Å². The number of rotatable bonds is 5. The number of fused-ring (bicyclic) bond motifs is 1. The minimum atomic E-state index is -0.590. The molecule has 174 valence electrons. The Morgan fingerprint density at radius 1 is 0.824 bits per heavy atom. The molecule has 0 radical (unpaired) electrons. The molecule has 5 rings (SSSR count). The smallest absolute Gasteiger partial charge is 0.263 e. The highest BCUT2D eigenvalue weighted by molar-refractivity contribution is 6.30. The van der Waals surface area contributed by atoms with Gasteiger partial charge in [-0.1, -0.05) is 35.9 Å². The summed E-state index contributed by atoms with van der Waals surface area (Å²) in [6.45, 7) is 3.08. The molecule has 5 nitrogen and oxygen atoms in total. The third-order valence-electron chi connectivity index (χ3n) is 6.33. The van der Waals surface area contributed by atoms with E-state index in [1.54, 1.807) is 30.3 Å². The maximum Gasteiger partial charge on any atom is 0.263 e. The van der Waals surface area contributed by atoms with Gasteiger partial charge < -0.3 is 4.90 Å². The summed E-state index contributed by atoms with van der Waals surface area (Å²) < 4.78 is 27.2. The molecule has 0 N–H and O–H groups in total. The van der Waals surface area contributed by atoms with Crippen LogP contribution < -0.4 is 4.90 Å². The number of imide groups is 1. The van der Waals surface area contributed by atoms with Gasteiger partial charge in [-0.2, -0.15) is 0 Å². The van der Waals surface area contributed by atoms with Crippen molar-refractivity contribution in [3.8, 4) is 0 Å². The van der Waals surface area contributed by atoms with Crippen LogP contribution in [0.1, 0.15) is 31.8 Å². The summed E-state index contributed by atoms with van der Waals surface area (Å²) in [5.41, 5.74) is 2.79. The topological polar surface area (TPSA) is 43.9 Å². The first kappa shape index (κ1) is 22.5. The van der Waals surface area contributed by atoms with Crippen molar-refractivity contribution >= 4 is 29.1 Å². The van der Waals surface area contributed by atoms with E-state index in [0.717, 1.165) is 17.3 Å². The number of piperazine rings is 1. The first-order chi connectivity index (χ1) is 16.4. The number of halogens is 3. The van der Waals surface area contributed by atoms with Crippen LogP contribution in [0.3, 0.4) is 0 Å². The average Bonchev–Trinajstić information content (AvgIpc) is 3.06. The van der Waals surface area contributed by atoms with E-state index in [1.165, 1.54) is 17.0 Å². The lowest BCUT2D eigenvalue weighted by atomic mass is 10.1. The van der Waals surface area contributed by atoms with E-state index < -0.39 is 11.6 Å². The van der Waals surface area contributed by atoms with Crippen LogP contribution in [0.25, 0.3) is 0 Å². The summed E-state index contributed by atoms with van der Waals surface area (Å²) in [6, 6.07) is 16.1. The summed E-state index contributed by atoms with van der Waals surface area (Å²) in [7, 11) is 0. The maximum atomic E-state index is 14.0. The Hall–Kier alpha value is -3.29. The molecule has 0 aliphatic carbocycles. The van der Waals surface area contributed by atoms with Crippen LogP contribution in [0, 0.1) is 11.6 Å². The summed E-state index contributed by atoms with van der Waals surface area (Å²) in [5.74, 6) is -1.77. The summed E-state index contributed by atoms with van der Waals surface area (Å²) in [5, 5.41) is 0.549. The van der Waals surface area contributed by atoms with Gasteiger partial charge in [-0.25, -0.2) is 8.78 Å². The number of hydrogen-bond acceptors (Lipinski definition) is 4. The molecular formula is C26H22ClF2N3O2. The fraction of sp³-hybridized carbons (Fsp3) is 0.231. The molecule has 34 heavy (non-hydrogen) atoms. The van der Waals surface area contributed by atoms with Gasteiger partial charge in [0.1, 0.15) is 11.6 Å². The molecule has 1 fully saturated rings. The number of nitrogens with zero attached hydrogens (tertiary/aromatic N) is 3. The number of carbonyl (C=O) groups is 2. The second-order valence-corrected chi connectivity index (χ2v) is 8.96. The normalized spacial score (nSPS) is 16.3. The molecule has 0 unspecified atom stereocenters. The first-order valence-corrected chi connectivity index (χ1v) is 11.4. The van der Waals surface area contributed by atoms with Crippen LogP contribution in [-0.4, -0.2) is 47.8 Å². The molecular weight excluding hydrogens is 460 g/mol. The van der Waals surface area contributed by atoms with Crippen LogP contribution in [0.5, 0.6) is 0 Å². The Morgan fingerprint density at radius 3 is 2.32 bits per heavy atom. The quantitative estimate of drug-likeness (QED) is 0.494. The SMILES string of the molecule is O=C1c2cccc(N3CCN(Cc4ccc(F)cc4F)CC3)c2C(=O)N1Cc1cccc(Cl)c1. The minimum absolute atomic E-state index is 0.156. The monoisotopic (exact) mass is 481 g/mol. The number of carbonyl (C=O) groups excluding carboxylic acids is 2. The lowest BCUT2D eigenvalue weighted by Crippen LogP contribution is -2.46. The zero-order valence-corrected chi connectivity index (χ0v) is 19.1. The van der Waals surface area contributed by atoms with Gasteiger partial charge in [0, 0.05) is 49.4 Å². The van der Waals surface area contributed by atoms with Crippen LogP contribution in [-0.2, 0) is 13.1 Å². The van der Waals surface area contributed by atoms with E-state index >= 15 is 0 Å². The van der Waals surface area contributed by atoms with Crippen molar-refractivity contribution in [1.82, 2.24) is 9.80 Å². The second-order valence-electron chi connectivity index (χ2n) is 8.52. The molecule has 3 aromatic carbocycles. The Kier molecular flexibility index (Phi) is 6.06. The zero-order chi connectivity index (χ0) is 23.8. The van der Waals surface area contributed by atoms with Crippen molar-refractivity contribution in [2.45, 2.75) is 13.1 Å². The van der Waals surface area contributed by atoms with E-state index in [-0.39, 0.29) is 18.4 Å². The standard InChI is InChI=1S/C26H22ClF2N3O2/c27-19-4-1-3-17(13-19)15-32-25(33)21-5-2-6-23(24(21)26(32)34)31-11-9-30(10-12-31)16-18-7-8-20(28)14-22(18)29/h1-8,13-14H,9-12,15-16H2. The van der Waals surface area contributed by atoms with Gasteiger partial charge in [-0.05, 0) is 35.9 Å². The van der Waals surface area contributed by atoms with Gasteiger partial charge >= 0.3 is 0 Å². The molecule has 2 aliphatic heterocycles. The largest absolute Gasteiger partial charge is 0.368 e. The average molecular weight is 482 g/mol. The van der Waals surface area contributed by atoms with Crippen LogP contribution in [0.15, 0.2) is 60.7 Å². The minimum Gasteiger partial charge on any atom is -0.368 e. The van der Waals surface area contributed by atoms with Gasteiger partial charge in [0.25, 0.3) is 11.8 Å². The van der Waals surface area contributed by atoms with E-state index in [9.17, 15) is 18.4 Å². The number of amides is 2. The predicted molar refractivity (Wildman–Crippen MR) is 126 cm³/mol. The number of benzene rings is 3. The summed E-state index contributed by atoms with van der Waals surface area (Å²) in [4.78, 5) is 31.8. The molecule has 2 amide bonds. The van der Waals surface area contributed by atoms with E-state index in [4.69, 9.17) is 11.6 Å². The molecule has 0 aromatic heterocycles. The van der Waals surface area contributed by atoms with Crippen molar-refractivity contribution in [2.24, 2.45) is 0 Å². The van der Waals surface area contributed by atoms with Gasteiger partial charge in [0.15, 0.2) is 0 Å². The van der Waals surface area contributed by atoms with Crippen molar-refractivity contribution in [3.05, 3.63) is 99.6 Å². The van der Waals surface area contributed by atoms with Crippen LogP contribution in [0.2, 0.25) is 5.02 Å². The molecule has 0 saturated carbocycles. The molecule has 0 spiro atoms. The fourth-order valence-corrected chi connectivity index (χ4v) is 4.79. The Balaban J connectivity index is 1.31. The highest BCUT2D eigenvalue weighted by Crippen LogP contribution is 2.33.